The molecule has 0 spiro atoms. The molecule has 2 unspecified atom stereocenters. The molecule has 0 amide bonds. The molecule has 1 rings (SSSR count). The molecule has 2 heteroatoms. The lowest BCUT2D eigenvalue weighted by molar-refractivity contribution is 0.206. The Hall–Kier alpha value is -1.02. The maximum Gasteiger partial charge on any atom is 0.124 e. The molecule has 0 heterocycles. The molecule has 1 N–H and O–H groups in total. The number of hydrogen-bond acceptors (Lipinski definition) is 2. The van der Waals surface area contributed by atoms with Crippen LogP contribution in [0.2, 0.25) is 0 Å². The predicted octanol–water partition coefficient (Wildman–Crippen LogP) is 4.70. The van der Waals surface area contributed by atoms with Gasteiger partial charge in [-0.2, -0.15) is 0 Å². The van der Waals surface area contributed by atoms with Gasteiger partial charge in [0.15, 0.2) is 0 Å². The van der Waals surface area contributed by atoms with Gasteiger partial charge in [-0.25, -0.2) is 0 Å². The summed E-state index contributed by atoms with van der Waals surface area (Å²) < 4.78 is 6.11. The van der Waals surface area contributed by atoms with E-state index in [9.17, 15) is 0 Å². The molecule has 0 radical (unpaired) electrons. The molecule has 0 aromatic heterocycles. The zero-order chi connectivity index (χ0) is 14.1. The van der Waals surface area contributed by atoms with Crippen LogP contribution in [-0.2, 0) is 0 Å². The zero-order valence-corrected chi connectivity index (χ0v) is 12.9. The molecule has 2 nitrogen and oxygen atoms in total. The summed E-state index contributed by atoms with van der Waals surface area (Å²) in [6, 6.07) is 8.83. The normalized spacial score (nSPS) is 14.1. The van der Waals surface area contributed by atoms with Crippen LogP contribution in [0, 0.1) is 0 Å². The first-order valence-electron chi connectivity index (χ1n) is 7.71. The molecule has 108 valence electrons. The smallest absolute Gasteiger partial charge is 0.124 e. The van der Waals surface area contributed by atoms with E-state index in [0.29, 0.717) is 6.04 Å². The lowest BCUT2D eigenvalue weighted by Gasteiger charge is -2.22. The molecule has 0 bridgehead atoms. The maximum atomic E-state index is 6.11. The van der Waals surface area contributed by atoms with Crippen molar-refractivity contribution in [3.8, 4) is 5.75 Å². The van der Waals surface area contributed by atoms with Crippen molar-refractivity contribution in [2.45, 2.75) is 65.5 Å². The second-order valence-electron chi connectivity index (χ2n) is 5.17. The van der Waals surface area contributed by atoms with Crippen LogP contribution in [-0.4, -0.2) is 12.6 Å². The van der Waals surface area contributed by atoms with Crippen molar-refractivity contribution < 1.29 is 4.74 Å². The van der Waals surface area contributed by atoms with Crippen LogP contribution >= 0.6 is 0 Å². The minimum absolute atomic E-state index is 0.287. The van der Waals surface area contributed by atoms with Crippen LogP contribution < -0.4 is 10.1 Å². The molecule has 0 aliphatic rings. The summed E-state index contributed by atoms with van der Waals surface area (Å²) >= 11 is 0. The third-order valence-corrected chi connectivity index (χ3v) is 3.37. The Morgan fingerprint density at radius 3 is 2.47 bits per heavy atom. The first-order valence-corrected chi connectivity index (χ1v) is 7.71. The maximum absolute atomic E-state index is 6.11. The molecular formula is C17H29NO. The fourth-order valence-electron chi connectivity index (χ4n) is 2.35. The SMILES string of the molecule is CCCNC(CC)c1ccccc1OC(C)CCC. The van der Waals surface area contributed by atoms with Crippen molar-refractivity contribution in [3.05, 3.63) is 29.8 Å². The average molecular weight is 263 g/mol. The van der Waals surface area contributed by atoms with Crippen LogP contribution in [0.1, 0.15) is 65.0 Å². The Labute approximate surface area is 118 Å². The molecule has 0 saturated heterocycles. The lowest BCUT2D eigenvalue weighted by Crippen LogP contribution is -2.23. The van der Waals surface area contributed by atoms with Crippen LogP contribution in [0.5, 0.6) is 5.75 Å². The minimum atomic E-state index is 0.287. The standard InChI is InChI=1S/C17H29NO/c1-5-10-14(4)19-17-12-9-8-11-15(17)16(7-3)18-13-6-2/h8-9,11-12,14,16,18H,5-7,10,13H2,1-4H3. The van der Waals surface area contributed by atoms with Crippen LogP contribution in [0.15, 0.2) is 24.3 Å². The van der Waals surface area contributed by atoms with Gasteiger partial charge >= 0.3 is 0 Å². The summed E-state index contributed by atoms with van der Waals surface area (Å²) in [6.45, 7) is 9.83. The molecule has 0 fully saturated rings. The summed E-state index contributed by atoms with van der Waals surface area (Å²) in [7, 11) is 0. The van der Waals surface area contributed by atoms with Crippen LogP contribution in [0.25, 0.3) is 0 Å². The molecule has 0 aliphatic carbocycles. The predicted molar refractivity (Wildman–Crippen MR) is 82.8 cm³/mol. The second-order valence-corrected chi connectivity index (χ2v) is 5.17. The minimum Gasteiger partial charge on any atom is -0.490 e. The van der Waals surface area contributed by atoms with Gasteiger partial charge in [0.1, 0.15) is 5.75 Å². The molecule has 1 aromatic rings. The Balaban J connectivity index is 2.80. The molecule has 1 aromatic carbocycles. The largest absolute Gasteiger partial charge is 0.490 e. The quantitative estimate of drug-likeness (QED) is 0.697. The van der Waals surface area contributed by atoms with Gasteiger partial charge in [-0.1, -0.05) is 45.4 Å². The fourth-order valence-corrected chi connectivity index (χ4v) is 2.35. The average Bonchev–Trinajstić information content (AvgIpc) is 2.41. The second kappa shape index (κ2) is 8.98. The number of hydrogen-bond donors (Lipinski definition) is 1. The summed E-state index contributed by atoms with van der Waals surface area (Å²) in [6.07, 6.45) is 4.80. The van der Waals surface area contributed by atoms with E-state index >= 15 is 0 Å². The fraction of sp³-hybridized carbons (Fsp3) is 0.647. The highest BCUT2D eigenvalue weighted by Gasteiger charge is 2.14. The van der Waals surface area contributed by atoms with Gasteiger partial charge in [0.2, 0.25) is 0 Å². The van der Waals surface area contributed by atoms with E-state index in [1.807, 2.05) is 0 Å². The van der Waals surface area contributed by atoms with E-state index < -0.39 is 0 Å². The number of para-hydroxylation sites is 1. The first kappa shape index (κ1) is 16.0. The van der Waals surface area contributed by atoms with Gasteiger partial charge in [-0.3, -0.25) is 0 Å². The van der Waals surface area contributed by atoms with E-state index in [0.717, 1.165) is 38.0 Å². The summed E-state index contributed by atoms with van der Waals surface area (Å²) in [5.74, 6) is 1.04. The van der Waals surface area contributed by atoms with Gasteiger partial charge in [0, 0.05) is 11.6 Å². The Morgan fingerprint density at radius 1 is 1.11 bits per heavy atom. The molecule has 0 aliphatic heterocycles. The molecule has 0 saturated carbocycles. The third-order valence-electron chi connectivity index (χ3n) is 3.37. The van der Waals surface area contributed by atoms with Gasteiger partial charge in [-0.15, -0.1) is 0 Å². The number of benzene rings is 1. The van der Waals surface area contributed by atoms with E-state index in [4.69, 9.17) is 4.74 Å². The Morgan fingerprint density at radius 2 is 1.84 bits per heavy atom. The first-order chi connectivity index (χ1) is 9.22. The third kappa shape index (κ3) is 5.23. The number of nitrogens with one attached hydrogen (secondary N) is 1. The highest BCUT2D eigenvalue weighted by Crippen LogP contribution is 2.28. The van der Waals surface area contributed by atoms with Crippen LogP contribution in [0.4, 0.5) is 0 Å². The van der Waals surface area contributed by atoms with E-state index in [-0.39, 0.29) is 6.10 Å². The summed E-state index contributed by atoms with van der Waals surface area (Å²) in [4.78, 5) is 0. The Kier molecular flexibility index (Phi) is 7.57. The van der Waals surface area contributed by atoms with Crippen molar-refractivity contribution in [2.24, 2.45) is 0 Å². The van der Waals surface area contributed by atoms with E-state index in [1.165, 1.54) is 5.56 Å². The van der Waals surface area contributed by atoms with Crippen LogP contribution in [0.3, 0.4) is 0 Å². The van der Waals surface area contributed by atoms with E-state index in [1.54, 1.807) is 0 Å². The molecule has 19 heavy (non-hydrogen) atoms. The van der Waals surface area contributed by atoms with Gasteiger partial charge < -0.3 is 10.1 Å². The lowest BCUT2D eigenvalue weighted by atomic mass is 10.0. The van der Waals surface area contributed by atoms with Gasteiger partial charge in [0.05, 0.1) is 6.10 Å². The van der Waals surface area contributed by atoms with Crippen molar-refractivity contribution in [1.82, 2.24) is 5.32 Å². The van der Waals surface area contributed by atoms with Crippen molar-refractivity contribution in [3.63, 3.8) is 0 Å². The van der Waals surface area contributed by atoms with Gasteiger partial charge in [0.25, 0.3) is 0 Å². The monoisotopic (exact) mass is 263 g/mol. The highest BCUT2D eigenvalue weighted by molar-refractivity contribution is 5.36. The van der Waals surface area contributed by atoms with Crippen molar-refractivity contribution in [1.29, 1.82) is 0 Å². The molecule has 2 atom stereocenters. The van der Waals surface area contributed by atoms with Gasteiger partial charge in [-0.05, 0) is 38.8 Å². The Bertz CT molecular complexity index is 351. The van der Waals surface area contributed by atoms with Crippen molar-refractivity contribution in [2.75, 3.05) is 6.54 Å². The molecular weight excluding hydrogens is 234 g/mol. The topological polar surface area (TPSA) is 21.3 Å². The highest BCUT2D eigenvalue weighted by atomic mass is 16.5. The number of rotatable bonds is 9. The van der Waals surface area contributed by atoms with Crippen molar-refractivity contribution >= 4 is 0 Å². The summed E-state index contributed by atoms with van der Waals surface area (Å²) in [5.41, 5.74) is 1.29. The van der Waals surface area contributed by atoms with E-state index in [2.05, 4.69) is 57.3 Å². The zero-order valence-electron chi connectivity index (χ0n) is 12.9. The number of ether oxygens (including phenoxy) is 1. The summed E-state index contributed by atoms with van der Waals surface area (Å²) in [5, 5.41) is 3.60.